The van der Waals surface area contributed by atoms with E-state index < -0.39 is 0 Å². The summed E-state index contributed by atoms with van der Waals surface area (Å²) in [5.41, 5.74) is 0.406. The third-order valence-corrected chi connectivity index (χ3v) is 5.05. The molecule has 30 heavy (non-hydrogen) atoms. The Balaban J connectivity index is 1.42. The van der Waals surface area contributed by atoms with E-state index in [1.54, 1.807) is 18.2 Å². The number of amides is 1. The van der Waals surface area contributed by atoms with Crippen LogP contribution in [0.2, 0.25) is 5.02 Å². The van der Waals surface area contributed by atoms with Gasteiger partial charge in [-0.3, -0.25) is 4.79 Å². The fourth-order valence-electron chi connectivity index (χ4n) is 3.11. The number of hydrogen-bond donors (Lipinski definition) is 1. The van der Waals surface area contributed by atoms with Gasteiger partial charge in [-0.15, -0.1) is 0 Å². The van der Waals surface area contributed by atoms with Crippen molar-refractivity contribution in [2.75, 3.05) is 13.2 Å². The van der Waals surface area contributed by atoms with Crippen molar-refractivity contribution in [2.45, 2.75) is 45.4 Å². The van der Waals surface area contributed by atoms with Crippen molar-refractivity contribution in [1.29, 1.82) is 0 Å². The first-order valence-corrected chi connectivity index (χ1v) is 10.2. The molecule has 1 atom stereocenters. The van der Waals surface area contributed by atoms with Crippen LogP contribution in [0.4, 0.5) is 4.39 Å². The summed E-state index contributed by atoms with van der Waals surface area (Å²) in [5.74, 6) is 0.294. The number of nitrogens with zero attached hydrogens (tertiary/aromatic N) is 2. The standard InChI is InChI=1S/C21H25ClFN3O4/c1-13(26-14(2)27)9-28-17-7-15(8-17)10-29-20-19(22)21(25-12-24-20)30-11-16-5-3-4-6-18(16)23/h3-6,12-13,15,17H,7-11H2,1-2H3,(H,26,27)/t13-,15-,17-/m0/s1. The van der Waals surface area contributed by atoms with Crippen molar-refractivity contribution in [2.24, 2.45) is 5.92 Å². The highest BCUT2D eigenvalue weighted by molar-refractivity contribution is 6.33. The molecular weight excluding hydrogens is 413 g/mol. The number of benzene rings is 1. The lowest BCUT2D eigenvalue weighted by atomic mass is 9.83. The average Bonchev–Trinajstić information content (AvgIpc) is 2.67. The van der Waals surface area contributed by atoms with Crippen LogP contribution >= 0.6 is 11.6 Å². The SMILES string of the molecule is CC(=O)N[C@@H](C)CO[C@H]1C[C@H](COc2ncnc(OCc3ccccc3F)c2Cl)C1. The second-order valence-electron chi connectivity index (χ2n) is 7.38. The molecule has 9 heteroatoms. The van der Waals surface area contributed by atoms with E-state index in [0.29, 0.717) is 24.7 Å². The summed E-state index contributed by atoms with van der Waals surface area (Å²) >= 11 is 6.29. The Morgan fingerprint density at radius 1 is 1.27 bits per heavy atom. The van der Waals surface area contributed by atoms with E-state index in [9.17, 15) is 9.18 Å². The van der Waals surface area contributed by atoms with Gasteiger partial charge in [0.2, 0.25) is 17.7 Å². The fourth-order valence-corrected chi connectivity index (χ4v) is 3.32. The Hall–Kier alpha value is -2.45. The van der Waals surface area contributed by atoms with Crippen molar-refractivity contribution < 1.29 is 23.4 Å². The van der Waals surface area contributed by atoms with Gasteiger partial charge in [-0.2, -0.15) is 0 Å². The molecule has 0 unspecified atom stereocenters. The van der Waals surface area contributed by atoms with Gasteiger partial charge in [0.1, 0.15) is 18.8 Å². The highest BCUT2D eigenvalue weighted by atomic mass is 35.5. The van der Waals surface area contributed by atoms with Crippen molar-refractivity contribution in [3.63, 3.8) is 0 Å². The van der Waals surface area contributed by atoms with Crippen LogP contribution in [-0.2, 0) is 16.1 Å². The highest BCUT2D eigenvalue weighted by Crippen LogP contribution is 2.34. The van der Waals surface area contributed by atoms with Crippen LogP contribution in [0.15, 0.2) is 30.6 Å². The zero-order valence-electron chi connectivity index (χ0n) is 16.9. The van der Waals surface area contributed by atoms with Crippen LogP contribution < -0.4 is 14.8 Å². The molecule has 0 bridgehead atoms. The normalized spacial score (nSPS) is 18.9. The molecule has 7 nitrogen and oxygen atoms in total. The first kappa shape index (κ1) is 22.2. The Morgan fingerprint density at radius 3 is 2.67 bits per heavy atom. The Labute approximate surface area is 179 Å². The zero-order chi connectivity index (χ0) is 21.5. The van der Waals surface area contributed by atoms with Crippen molar-refractivity contribution in [3.8, 4) is 11.8 Å². The van der Waals surface area contributed by atoms with Gasteiger partial charge < -0.3 is 19.5 Å². The molecule has 1 aliphatic rings. The van der Waals surface area contributed by atoms with E-state index in [1.807, 2.05) is 6.92 Å². The second-order valence-corrected chi connectivity index (χ2v) is 7.76. The molecule has 1 aromatic carbocycles. The van der Waals surface area contributed by atoms with Gasteiger partial charge in [-0.05, 0) is 31.7 Å². The predicted octanol–water partition coefficient (Wildman–Crippen LogP) is 3.55. The number of aromatic nitrogens is 2. The molecule has 1 N–H and O–H groups in total. The third-order valence-electron chi connectivity index (χ3n) is 4.73. The molecule has 0 spiro atoms. The van der Waals surface area contributed by atoms with Gasteiger partial charge in [-0.25, -0.2) is 14.4 Å². The lowest BCUT2D eigenvalue weighted by molar-refractivity contribution is -0.120. The van der Waals surface area contributed by atoms with Crippen molar-refractivity contribution in [3.05, 3.63) is 47.0 Å². The van der Waals surface area contributed by atoms with Gasteiger partial charge in [-0.1, -0.05) is 29.8 Å². The van der Waals surface area contributed by atoms with Gasteiger partial charge in [0, 0.05) is 18.5 Å². The Morgan fingerprint density at radius 2 is 1.97 bits per heavy atom. The number of hydrogen-bond acceptors (Lipinski definition) is 6. The van der Waals surface area contributed by atoms with Crippen LogP contribution in [0, 0.1) is 11.7 Å². The first-order chi connectivity index (χ1) is 14.4. The first-order valence-electron chi connectivity index (χ1n) is 9.80. The van der Waals surface area contributed by atoms with E-state index in [2.05, 4.69) is 15.3 Å². The summed E-state index contributed by atoms with van der Waals surface area (Å²) in [7, 11) is 0. The van der Waals surface area contributed by atoms with Crippen LogP contribution in [0.5, 0.6) is 11.8 Å². The van der Waals surface area contributed by atoms with E-state index in [-0.39, 0.29) is 47.3 Å². The predicted molar refractivity (Wildman–Crippen MR) is 109 cm³/mol. The summed E-state index contributed by atoms with van der Waals surface area (Å²) in [6.45, 7) is 4.33. The molecule has 162 valence electrons. The van der Waals surface area contributed by atoms with E-state index in [0.717, 1.165) is 12.8 Å². The zero-order valence-corrected chi connectivity index (χ0v) is 17.7. The number of ether oxygens (including phenoxy) is 3. The number of rotatable bonds is 10. The van der Waals surface area contributed by atoms with E-state index in [1.165, 1.54) is 19.3 Å². The summed E-state index contributed by atoms with van der Waals surface area (Å²) in [4.78, 5) is 19.1. The lowest BCUT2D eigenvalue weighted by Crippen LogP contribution is -2.40. The van der Waals surface area contributed by atoms with Crippen LogP contribution in [0.1, 0.15) is 32.3 Å². The van der Waals surface area contributed by atoms with Gasteiger partial charge in [0.15, 0.2) is 5.02 Å². The Kier molecular flexibility index (Phi) is 7.81. The minimum absolute atomic E-state index is 0.00139. The summed E-state index contributed by atoms with van der Waals surface area (Å²) in [6, 6.07) is 6.33. The topological polar surface area (TPSA) is 82.6 Å². The maximum atomic E-state index is 13.7. The quantitative estimate of drug-likeness (QED) is 0.612. The molecule has 3 rings (SSSR count). The summed E-state index contributed by atoms with van der Waals surface area (Å²) in [6.07, 6.45) is 3.20. The van der Waals surface area contributed by atoms with Crippen molar-refractivity contribution >= 4 is 17.5 Å². The lowest BCUT2D eigenvalue weighted by Gasteiger charge is -2.35. The molecule has 1 fully saturated rings. The molecule has 1 heterocycles. The Bertz CT molecular complexity index is 864. The minimum Gasteiger partial charge on any atom is -0.476 e. The van der Waals surface area contributed by atoms with Gasteiger partial charge >= 0.3 is 0 Å². The van der Waals surface area contributed by atoms with E-state index in [4.69, 9.17) is 25.8 Å². The van der Waals surface area contributed by atoms with Crippen LogP contribution in [0.3, 0.4) is 0 Å². The molecule has 0 radical (unpaired) electrons. The van der Waals surface area contributed by atoms with Crippen LogP contribution in [-0.4, -0.2) is 41.2 Å². The maximum absolute atomic E-state index is 13.7. The van der Waals surface area contributed by atoms with Gasteiger partial charge in [0.25, 0.3) is 0 Å². The number of halogens is 2. The highest BCUT2D eigenvalue weighted by Gasteiger charge is 2.31. The third kappa shape index (κ3) is 6.27. The molecule has 1 aromatic heterocycles. The molecule has 0 aliphatic heterocycles. The monoisotopic (exact) mass is 437 g/mol. The minimum atomic E-state index is -0.354. The summed E-state index contributed by atoms with van der Waals surface area (Å²) < 4.78 is 30.8. The molecule has 2 aromatic rings. The molecule has 1 aliphatic carbocycles. The summed E-state index contributed by atoms with van der Waals surface area (Å²) in [5, 5.41) is 2.95. The van der Waals surface area contributed by atoms with Crippen LogP contribution in [0.25, 0.3) is 0 Å². The number of carbonyl (C=O) groups is 1. The fraction of sp³-hybridized carbons (Fsp3) is 0.476. The van der Waals surface area contributed by atoms with Crippen molar-refractivity contribution in [1.82, 2.24) is 15.3 Å². The second kappa shape index (κ2) is 10.5. The number of carbonyl (C=O) groups excluding carboxylic acids is 1. The maximum Gasteiger partial charge on any atom is 0.240 e. The molecule has 0 saturated heterocycles. The smallest absolute Gasteiger partial charge is 0.240 e. The number of nitrogens with one attached hydrogen (secondary N) is 1. The largest absolute Gasteiger partial charge is 0.476 e. The average molecular weight is 438 g/mol. The molecular formula is C21H25ClFN3O4. The van der Waals surface area contributed by atoms with Gasteiger partial charge in [0.05, 0.1) is 19.3 Å². The van der Waals surface area contributed by atoms with E-state index >= 15 is 0 Å². The molecule has 1 amide bonds. The molecule has 1 saturated carbocycles.